The lowest BCUT2D eigenvalue weighted by atomic mass is 10.3. The van der Waals surface area contributed by atoms with Crippen LogP contribution < -0.4 is 0 Å². The van der Waals surface area contributed by atoms with Crippen molar-refractivity contribution in [3.05, 3.63) is 34.0 Å². The van der Waals surface area contributed by atoms with Crippen LogP contribution in [0.15, 0.2) is 33.4 Å². The van der Waals surface area contributed by atoms with Crippen LogP contribution in [0.25, 0.3) is 11.0 Å². The Morgan fingerprint density at radius 1 is 1.36 bits per heavy atom. The highest BCUT2D eigenvalue weighted by molar-refractivity contribution is 9.10. The normalized spacial score (nSPS) is 10.7. The first-order chi connectivity index (χ1) is 5.27. The molecule has 0 fully saturated rings. The van der Waals surface area contributed by atoms with Crippen LogP contribution in [0.5, 0.6) is 0 Å². The number of rotatable bonds is 0. The summed E-state index contributed by atoms with van der Waals surface area (Å²) in [7, 11) is 0. The monoisotopic (exact) mass is 230 g/mol. The van der Waals surface area contributed by atoms with Gasteiger partial charge in [-0.05, 0) is 34.1 Å². The third-order valence-electron chi connectivity index (χ3n) is 1.49. The van der Waals surface area contributed by atoms with Gasteiger partial charge in [0.05, 0.1) is 4.47 Å². The van der Waals surface area contributed by atoms with Crippen molar-refractivity contribution in [2.24, 2.45) is 0 Å². The zero-order valence-corrected chi connectivity index (χ0v) is 7.82. The van der Waals surface area contributed by atoms with Gasteiger partial charge in [-0.2, -0.15) is 0 Å². The number of hydrogen-bond donors (Lipinski definition) is 0. The largest absolute Gasteiger partial charge is 0.463 e. The molecule has 3 heteroatoms. The van der Waals surface area contributed by atoms with Gasteiger partial charge in [0.15, 0.2) is 0 Å². The molecule has 0 N–H and O–H groups in total. The summed E-state index contributed by atoms with van der Waals surface area (Å²) in [6, 6.07) is 5.52. The summed E-state index contributed by atoms with van der Waals surface area (Å²) in [4.78, 5) is 0. The van der Waals surface area contributed by atoms with E-state index < -0.39 is 0 Å². The van der Waals surface area contributed by atoms with Crippen LogP contribution in [0.4, 0.5) is 0 Å². The van der Waals surface area contributed by atoms with Gasteiger partial charge >= 0.3 is 0 Å². The molecular formula is C8H4BrClO. The molecule has 1 aromatic carbocycles. The van der Waals surface area contributed by atoms with Crippen molar-refractivity contribution >= 4 is 38.5 Å². The Balaban J connectivity index is 2.87. The number of hydrogen-bond acceptors (Lipinski definition) is 1. The molecule has 0 spiro atoms. The van der Waals surface area contributed by atoms with Gasteiger partial charge in [-0.3, -0.25) is 0 Å². The van der Waals surface area contributed by atoms with Crippen molar-refractivity contribution in [3.8, 4) is 0 Å². The van der Waals surface area contributed by atoms with Gasteiger partial charge in [0.25, 0.3) is 0 Å². The minimum Gasteiger partial charge on any atom is -0.463 e. The van der Waals surface area contributed by atoms with Crippen molar-refractivity contribution in [2.75, 3.05) is 0 Å². The number of fused-ring (bicyclic) bond motifs is 1. The molecule has 0 saturated heterocycles. The summed E-state index contributed by atoms with van der Waals surface area (Å²) in [6.07, 6.45) is 1.65. The molecule has 56 valence electrons. The molecule has 0 radical (unpaired) electrons. The zero-order valence-electron chi connectivity index (χ0n) is 5.47. The van der Waals surface area contributed by atoms with E-state index in [1.54, 1.807) is 12.3 Å². The SMILES string of the molecule is Clc1ccc2occ(Br)c2c1. The molecule has 0 unspecified atom stereocenters. The van der Waals surface area contributed by atoms with Crippen molar-refractivity contribution in [2.45, 2.75) is 0 Å². The van der Waals surface area contributed by atoms with Gasteiger partial charge in [-0.15, -0.1) is 0 Å². The lowest BCUT2D eigenvalue weighted by molar-refractivity contribution is 0.614. The van der Waals surface area contributed by atoms with Crippen molar-refractivity contribution in [1.29, 1.82) is 0 Å². The summed E-state index contributed by atoms with van der Waals surface area (Å²) in [5.74, 6) is 0. The van der Waals surface area contributed by atoms with Crippen molar-refractivity contribution in [3.63, 3.8) is 0 Å². The second-order valence-electron chi connectivity index (χ2n) is 2.22. The molecule has 0 amide bonds. The fourth-order valence-electron chi connectivity index (χ4n) is 0.970. The molecule has 0 saturated carbocycles. The second-order valence-corrected chi connectivity index (χ2v) is 3.51. The molecule has 1 nitrogen and oxygen atoms in total. The van der Waals surface area contributed by atoms with E-state index in [2.05, 4.69) is 15.9 Å². The van der Waals surface area contributed by atoms with Crippen LogP contribution in [0.2, 0.25) is 5.02 Å². The lowest BCUT2D eigenvalue weighted by Crippen LogP contribution is -1.64. The van der Waals surface area contributed by atoms with Crippen LogP contribution in [0.1, 0.15) is 0 Å². The Bertz CT molecular complexity index is 394. The van der Waals surface area contributed by atoms with Gasteiger partial charge in [-0.25, -0.2) is 0 Å². The Kier molecular flexibility index (Phi) is 1.66. The van der Waals surface area contributed by atoms with Gasteiger partial charge in [0, 0.05) is 10.4 Å². The maximum atomic E-state index is 5.79. The summed E-state index contributed by atoms with van der Waals surface area (Å²) in [5, 5.41) is 1.73. The Hall–Kier alpha value is -0.470. The molecule has 2 aromatic rings. The molecule has 0 bridgehead atoms. The van der Waals surface area contributed by atoms with Gasteiger partial charge in [0.1, 0.15) is 11.8 Å². The van der Waals surface area contributed by atoms with Crippen LogP contribution in [-0.4, -0.2) is 0 Å². The minimum absolute atomic E-state index is 0.722. The predicted octanol–water partition coefficient (Wildman–Crippen LogP) is 3.85. The fraction of sp³-hybridized carbons (Fsp3) is 0. The van der Waals surface area contributed by atoms with E-state index in [0.717, 1.165) is 20.5 Å². The topological polar surface area (TPSA) is 13.1 Å². The molecule has 0 aliphatic carbocycles. The molecule has 0 aliphatic heterocycles. The molecule has 0 aliphatic rings. The van der Waals surface area contributed by atoms with Crippen LogP contribution >= 0.6 is 27.5 Å². The first-order valence-electron chi connectivity index (χ1n) is 3.09. The summed E-state index contributed by atoms with van der Waals surface area (Å²) >= 11 is 9.13. The molecule has 1 heterocycles. The Labute approximate surface area is 77.1 Å². The standard InChI is InChI=1S/C8H4BrClO/c9-7-4-11-8-2-1-5(10)3-6(7)8/h1-4H. The van der Waals surface area contributed by atoms with E-state index in [1.807, 2.05) is 12.1 Å². The Morgan fingerprint density at radius 3 is 3.00 bits per heavy atom. The zero-order chi connectivity index (χ0) is 7.84. The average molecular weight is 231 g/mol. The third-order valence-corrected chi connectivity index (χ3v) is 2.34. The Morgan fingerprint density at radius 2 is 2.18 bits per heavy atom. The van der Waals surface area contributed by atoms with E-state index in [9.17, 15) is 0 Å². The second kappa shape index (κ2) is 2.54. The van der Waals surface area contributed by atoms with Crippen LogP contribution in [0.3, 0.4) is 0 Å². The predicted molar refractivity (Wildman–Crippen MR) is 48.9 cm³/mol. The summed E-state index contributed by atoms with van der Waals surface area (Å²) in [5.41, 5.74) is 0.848. The van der Waals surface area contributed by atoms with Gasteiger partial charge < -0.3 is 4.42 Å². The third kappa shape index (κ3) is 1.17. The first-order valence-corrected chi connectivity index (χ1v) is 4.27. The van der Waals surface area contributed by atoms with Crippen LogP contribution in [0, 0.1) is 0 Å². The van der Waals surface area contributed by atoms with Crippen molar-refractivity contribution < 1.29 is 4.42 Å². The van der Waals surface area contributed by atoms with Crippen molar-refractivity contribution in [1.82, 2.24) is 0 Å². The molecular weight excluding hydrogens is 227 g/mol. The fourth-order valence-corrected chi connectivity index (χ4v) is 1.55. The molecule has 2 rings (SSSR count). The number of furan rings is 1. The smallest absolute Gasteiger partial charge is 0.135 e. The molecule has 0 atom stereocenters. The first kappa shape index (κ1) is 7.19. The number of benzene rings is 1. The molecule has 1 aromatic heterocycles. The highest BCUT2D eigenvalue weighted by atomic mass is 79.9. The number of halogens is 2. The van der Waals surface area contributed by atoms with E-state index in [-0.39, 0.29) is 0 Å². The maximum absolute atomic E-state index is 5.79. The minimum atomic E-state index is 0.722. The highest BCUT2D eigenvalue weighted by Gasteiger charge is 2.01. The van der Waals surface area contributed by atoms with E-state index >= 15 is 0 Å². The van der Waals surface area contributed by atoms with Gasteiger partial charge in [-0.1, -0.05) is 11.6 Å². The maximum Gasteiger partial charge on any atom is 0.135 e. The quantitative estimate of drug-likeness (QED) is 0.671. The summed E-state index contributed by atoms with van der Waals surface area (Å²) < 4.78 is 6.14. The van der Waals surface area contributed by atoms with E-state index in [1.165, 1.54) is 0 Å². The van der Waals surface area contributed by atoms with E-state index in [4.69, 9.17) is 16.0 Å². The highest BCUT2D eigenvalue weighted by Crippen LogP contribution is 2.28. The molecule has 11 heavy (non-hydrogen) atoms. The average Bonchev–Trinajstić information content (AvgIpc) is 2.33. The lowest BCUT2D eigenvalue weighted by Gasteiger charge is -1.88. The van der Waals surface area contributed by atoms with Gasteiger partial charge in [0.2, 0.25) is 0 Å². The van der Waals surface area contributed by atoms with Crippen LogP contribution in [-0.2, 0) is 0 Å². The summed E-state index contributed by atoms with van der Waals surface area (Å²) in [6.45, 7) is 0. The van der Waals surface area contributed by atoms with E-state index in [0.29, 0.717) is 0 Å².